The molecule has 0 saturated carbocycles. The number of hydrogen-bond donors (Lipinski definition) is 1. The fourth-order valence-electron chi connectivity index (χ4n) is 3.99. The number of fused-ring (bicyclic) bond motifs is 1. The molecule has 4 rings (SSSR count). The number of aromatic nitrogens is 2. The zero-order chi connectivity index (χ0) is 26.6. The second-order valence-corrected chi connectivity index (χ2v) is 11.2. The van der Waals surface area contributed by atoms with Gasteiger partial charge < -0.3 is 5.32 Å². The third-order valence-corrected chi connectivity index (χ3v) is 8.92. The molecule has 0 unspecified atom stereocenters. The number of rotatable bonds is 9. The van der Waals surface area contributed by atoms with Crippen molar-refractivity contribution in [2.45, 2.75) is 30.8 Å². The average Bonchev–Trinajstić information content (AvgIpc) is 2.89. The van der Waals surface area contributed by atoms with Crippen LogP contribution in [0.5, 0.6) is 0 Å². The van der Waals surface area contributed by atoms with Crippen molar-refractivity contribution in [1.82, 2.24) is 13.9 Å². The summed E-state index contributed by atoms with van der Waals surface area (Å²) in [6.07, 6.45) is 0. The predicted molar refractivity (Wildman–Crippen MR) is 148 cm³/mol. The lowest BCUT2D eigenvalue weighted by Crippen LogP contribution is -2.30. The highest BCUT2D eigenvalue weighted by atomic mass is 32.2. The molecular weight excluding hydrogens is 508 g/mol. The Morgan fingerprint density at radius 3 is 2.30 bits per heavy atom. The van der Waals surface area contributed by atoms with E-state index in [0.29, 0.717) is 40.5 Å². The van der Waals surface area contributed by atoms with E-state index in [0.717, 1.165) is 17.3 Å². The number of nitrogens with one attached hydrogen (secondary N) is 1. The molecular formula is C27H28N4O4S2. The SMILES string of the molecule is CCN(CC)S(=O)(=O)c1ccc(NC(=O)CSc2nc3ccccc3c(=O)n2-c2ccccc2C)cc1. The monoisotopic (exact) mass is 536 g/mol. The number of para-hydroxylation sites is 2. The molecule has 0 bridgehead atoms. The van der Waals surface area contributed by atoms with Gasteiger partial charge in [-0.15, -0.1) is 0 Å². The van der Waals surface area contributed by atoms with Gasteiger partial charge in [-0.3, -0.25) is 14.2 Å². The molecule has 1 aromatic heterocycles. The fourth-order valence-corrected chi connectivity index (χ4v) is 6.25. The third-order valence-electron chi connectivity index (χ3n) is 5.91. The Morgan fingerprint density at radius 2 is 1.62 bits per heavy atom. The lowest BCUT2D eigenvalue weighted by atomic mass is 10.2. The molecule has 3 aromatic carbocycles. The van der Waals surface area contributed by atoms with Gasteiger partial charge in [-0.1, -0.05) is 55.9 Å². The van der Waals surface area contributed by atoms with E-state index in [1.54, 1.807) is 48.7 Å². The Morgan fingerprint density at radius 1 is 0.973 bits per heavy atom. The molecule has 0 aliphatic rings. The molecule has 192 valence electrons. The number of nitrogens with zero attached hydrogens (tertiary/aromatic N) is 3. The van der Waals surface area contributed by atoms with Gasteiger partial charge in [0.15, 0.2) is 5.16 Å². The quantitative estimate of drug-likeness (QED) is 0.250. The molecule has 1 heterocycles. The molecule has 0 spiro atoms. The fraction of sp³-hybridized carbons (Fsp3) is 0.222. The van der Waals surface area contributed by atoms with Crippen LogP contribution in [0.3, 0.4) is 0 Å². The molecule has 8 nitrogen and oxygen atoms in total. The standard InChI is InChI=1S/C27H28N4O4S2/c1-4-30(5-2)37(34,35)21-16-14-20(15-17-21)28-25(32)18-36-27-29-23-12-8-7-11-22(23)26(33)31(27)24-13-9-6-10-19(24)3/h6-17H,4-5,18H2,1-3H3,(H,28,32). The molecule has 0 radical (unpaired) electrons. The lowest BCUT2D eigenvalue weighted by Gasteiger charge is -2.18. The highest BCUT2D eigenvalue weighted by molar-refractivity contribution is 7.99. The van der Waals surface area contributed by atoms with E-state index < -0.39 is 10.0 Å². The van der Waals surface area contributed by atoms with E-state index in [-0.39, 0.29) is 22.1 Å². The van der Waals surface area contributed by atoms with E-state index >= 15 is 0 Å². The highest BCUT2D eigenvalue weighted by Crippen LogP contribution is 2.24. The summed E-state index contributed by atoms with van der Waals surface area (Å²) in [4.78, 5) is 31.0. The first kappa shape index (κ1) is 26.6. The number of carbonyl (C=O) groups is 1. The molecule has 0 atom stereocenters. The number of thioether (sulfide) groups is 1. The summed E-state index contributed by atoms with van der Waals surface area (Å²) >= 11 is 1.16. The van der Waals surface area contributed by atoms with E-state index in [4.69, 9.17) is 0 Å². The largest absolute Gasteiger partial charge is 0.325 e. The van der Waals surface area contributed by atoms with Crippen molar-refractivity contribution < 1.29 is 13.2 Å². The summed E-state index contributed by atoms with van der Waals surface area (Å²) in [7, 11) is -3.57. The van der Waals surface area contributed by atoms with Crippen LogP contribution >= 0.6 is 11.8 Å². The summed E-state index contributed by atoms with van der Waals surface area (Å²) in [5.41, 5.74) is 2.45. The maximum Gasteiger partial charge on any atom is 0.266 e. The molecule has 4 aromatic rings. The maximum atomic E-state index is 13.4. The van der Waals surface area contributed by atoms with Crippen molar-refractivity contribution in [3.8, 4) is 5.69 Å². The van der Waals surface area contributed by atoms with Crippen LogP contribution in [-0.4, -0.2) is 47.0 Å². The molecule has 37 heavy (non-hydrogen) atoms. The van der Waals surface area contributed by atoms with E-state index in [2.05, 4.69) is 10.3 Å². The van der Waals surface area contributed by atoms with Crippen molar-refractivity contribution in [3.05, 3.63) is 88.7 Å². The van der Waals surface area contributed by atoms with Gasteiger partial charge in [0.2, 0.25) is 15.9 Å². The molecule has 0 aliphatic heterocycles. The van der Waals surface area contributed by atoms with Crippen LogP contribution < -0.4 is 10.9 Å². The van der Waals surface area contributed by atoms with E-state index in [1.165, 1.54) is 16.4 Å². The number of amides is 1. The Kier molecular flexibility index (Phi) is 8.11. The van der Waals surface area contributed by atoms with Gasteiger partial charge in [-0.25, -0.2) is 13.4 Å². The molecule has 0 fully saturated rings. The first-order chi connectivity index (χ1) is 17.8. The predicted octanol–water partition coefficient (Wildman–Crippen LogP) is 4.46. The normalized spacial score (nSPS) is 11.7. The van der Waals surface area contributed by atoms with Crippen LogP contribution in [0.15, 0.2) is 87.6 Å². The van der Waals surface area contributed by atoms with Gasteiger partial charge in [0.05, 0.1) is 27.2 Å². The number of sulfonamides is 1. The van der Waals surface area contributed by atoms with Crippen LogP contribution in [-0.2, 0) is 14.8 Å². The number of anilines is 1. The molecule has 1 amide bonds. The summed E-state index contributed by atoms with van der Waals surface area (Å²) in [5, 5.41) is 3.70. The second-order valence-electron chi connectivity index (χ2n) is 8.29. The minimum atomic E-state index is -3.57. The van der Waals surface area contributed by atoms with Crippen LogP contribution in [0.2, 0.25) is 0 Å². The van der Waals surface area contributed by atoms with Crippen molar-refractivity contribution in [3.63, 3.8) is 0 Å². The number of hydrogen-bond acceptors (Lipinski definition) is 6. The van der Waals surface area contributed by atoms with Crippen molar-refractivity contribution in [2.75, 3.05) is 24.2 Å². The Balaban J connectivity index is 1.56. The van der Waals surface area contributed by atoms with Gasteiger partial charge in [0, 0.05) is 18.8 Å². The summed E-state index contributed by atoms with van der Waals surface area (Å²) in [6.45, 7) is 6.25. The topological polar surface area (TPSA) is 101 Å². The number of aryl methyl sites for hydroxylation is 1. The zero-order valence-electron chi connectivity index (χ0n) is 20.8. The first-order valence-corrected chi connectivity index (χ1v) is 14.3. The zero-order valence-corrected chi connectivity index (χ0v) is 22.5. The maximum absolute atomic E-state index is 13.4. The summed E-state index contributed by atoms with van der Waals surface area (Å²) < 4.78 is 28.3. The van der Waals surface area contributed by atoms with Crippen LogP contribution in [0.25, 0.3) is 16.6 Å². The molecule has 1 N–H and O–H groups in total. The lowest BCUT2D eigenvalue weighted by molar-refractivity contribution is -0.113. The van der Waals surface area contributed by atoms with Crippen LogP contribution in [0.1, 0.15) is 19.4 Å². The number of carbonyl (C=O) groups excluding carboxylic acids is 1. The van der Waals surface area contributed by atoms with Gasteiger partial charge in [0.25, 0.3) is 5.56 Å². The molecule has 0 saturated heterocycles. The third kappa shape index (κ3) is 5.61. The van der Waals surface area contributed by atoms with Crippen molar-refractivity contribution >= 4 is 44.3 Å². The minimum Gasteiger partial charge on any atom is -0.325 e. The Labute approximate surface area is 220 Å². The Bertz CT molecular complexity index is 1600. The van der Waals surface area contributed by atoms with Crippen molar-refractivity contribution in [2.24, 2.45) is 0 Å². The smallest absolute Gasteiger partial charge is 0.266 e. The summed E-state index contributed by atoms with van der Waals surface area (Å²) in [5.74, 6) is -0.293. The van der Waals surface area contributed by atoms with Gasteiger partial charge >= 0.3 is 0 Å². The highest BCUT2D eigenvalue weighted by Gasteiger charge is 2.21. The first-order valence-electron chi connectivity index (χ1n) is 11.9. The minimum absolute atomic E-state index is 0.0101. The average molecular weight is 537 g/mol. The van der Waals surface area contributed by atoms with Crippen LogP contribution in [0.4, 0.5) is 5.69 Å². The van der Waals surface area contributed by atoms with Crippen molar-refractivity contribution in [1.29, 1.82) is 0 Å². The Hall–Kier alpha value is -3.47. The molecule has 10 heteroatoms. The van der Waals surface area contributed by atoms with Crippen LogP contribution in [0, 0.1) is 6.92 Å². The van der Waals surface area contributed by atoms with E-state index in [9.17, 15) is 18.0 Å². The summed E-state index contributed by atoms with van der Waals surface area (Å²) in [6, 6.07) is 20.8. The van der Waals surface area contributed by atoms with E-state index in [1.807, 2.05) is 37.3 Å². The van der Waals surface area contributed by atoms with Gasteiger partial charge in [-0.05, 0) is 55.0 Å². The second kappa shape index (κ2) is 11.3. The van der Waals surface area contributed by atoms with Gasteiger partial charge in [0.1, 0.15) is 0 Å². The molecule has 0 aliphatic carbocycles. The van der Waals surface area contributed by atoms with Gasteiger partial charge in [-0.2, -0.15) is 4.31 Å². The number of benzene rings is 3.